The fourth-order valence-electron chi connectivity index (χ4n) is 4.53. The van der Waals surface area contributed by atoms with Crippen molar-refractivity contribution in [3.8, 4) is 5.75 Å². The van der Waals surface area contributed by atoms with Gasteiger partial charge in [-0.25, -0.2) is 0 Å². The molecule has 2 fully saturated rings. The third-order valence-electron chi connectivity index (χ3n) is 6.18. The molecule has 1 aromatic carbocycles. The second-order valence-electron chi connectivity index (χ2n) is 8.23. The highest BCUT2D eigenvalue weighted by Crippen LogP contribution is 2.38. The number of hydrogen-bond acceptors (Lipinski definition) is 6. The maximum absolute atomic E-state index is 12.7. The van der Waals surface area contributed by atoms with Crippen LogP contribution in [-0.2, 0) is 22.4 Å². The molecule has 0 radical (unpaired) electrons. The molecule has 7 nitrogen and oxygen atoms in total. The summed E-state index contributed by atoms with van der Waals surface area (Å²) < 4.78 is 16.5. The highest BCUT2D eigenvalue weighted by Gasteiger charge is 2.41. The second kappa shape index (κ2) is 8.53. The second-order valence-corrected chi connectivity index (χ2v) is 8.23. The molecule has 2 aliphatic heterocycles. The molecule has 0 bridgehead atoms. The predicted molar refractivity (Wildman–Crippen MR) is 107 cm³/mol. The van der Waals surface area contributed by atoms with E-state index < -0.39 is 0 Å². The van der Waals surface area contributed by atoms with E-state index in [0.717, 1.165) is 68.9 Å². The number of carbonyl (C=O) groups is 1. The van der Waals surface area contributed by atoms with Crippen molar-refractivity contribution in [3.63, 3.8) is 0 Å². The first-order valence-electron chi connectivity index (χ1n) is 10.4. The molecule has 2 aliphatic rings. The van der Waals surface area contributed by atoms with Crippen molar-refractivity contribution in [1.82, 2.24) is 15.0 Å². The van der Waals surface area contributed by atoms with Crippen LogP contribution in [0.2, 0.25) is 0 Å². The smallest absolute Gasteiger partial charge is 0.226 e. The van der Waals surface area contributed by atoms with Gasteiger partial charge >= 0.3 is 0 Å². The largest absolute Gasteiger partial charge is 0.497 e. The molecule has 2 aromatic rings. The Balaban J connectivity index is 1.30. The van der Waals surface area contributed by atoms with Crippen LogP contribution in [0, 0.1) is 12.8 Å². The quantitative estimate of drug-likeness (QED) is 0.769. The summed E-state index contributed by atoms with van der Waals surface area (Å²) >= 11 is 0. The fourth-order valence-corrected chi connectivity index (χ4v) is 4.53. The molecule has 1 spiro atoms. The number of carbonyl (C=O) groups excluding carboxylic acids is 1. The third-order valence-corrected chi connectivity index (χ3v) is 6.18. The Labute approximate surface area is 171 Å². The van der Waals surface area contributed by atoms with Gasteiger partial charge in [-0.15, -0.1) is 0 Å². The van der Waals surface area contributed by atoms with E-state index in [1.165, 1.54) is 0 Å². The minimum absolute atomic E-state index is 0.113. The van der Waals surface area contributed by atoms with Crippen LogP contribution in [0.4, 0.5) is 0 Å². The number of amides is 1. The van der Waals surface area contributed by atoms with Gasteiger partial charge in [-0.1, -0.05) is 17.3 Å². The maximum atomic E-state index is 12.7. The zero-order chi connectivity index (χ0) is 20.3. The van der Waals surface area contributed by atoms with Crippen molar-refractivity contribution in [2.75, 3.05) is 26.8 Å². The van der Waals surface area contributed by atoms with Crippen LogP contribution in [0.3, 0.4) is 0 Å². The van der Waals surface area contributed by atoms with Gasteiger partial charge in [0, 0.05) is 33.0 Å². The van der Waals surface area contributed by atoms with Crippen molar-refractivity contribution < 1.29 is 18.8 Å². The zero-order valence-electron chi connectivity index (χ0n) is 17.2. The number of hydrogen-bond donors (Lipinski definition) is 0. The van der Waals surface area contributed by atoms with Gasteiger partial charge in [0.15, 0.2) is 5.82 Å². The Morgan fingerprint density at radius 1 is 1.28 bits per heavy atom. The number of ether oxygens (including phenoxy) is 2. The summed E-state index contributed by atoms with van der Waals surface area (Å²) in [6, 6.07) is 7.71. The highest BCUT2D eigenvalue weighted by atomic mass is 16.5. The van der Waals surface area contributed by atoms with Crippen molar-refractivity contribution in [3.05, 3.63) is 41.5 Å². The van der Waals surface area contributed by atoms with Crippen LogP contribution in [-0.4, -0.2) is 53.4 Å². The Bertz CT molecular complexity index is 825. The number of nitrogens with zero attached hydrogens (tertiary/aromatic N) is 3. The number of aromatic nitrogens is 2. The van der Waals surface area contributed by atoms with E-state index in [2.05, 4.69) is 10.1 Å². The highest BCUT2D eigenvalue weighted by molar-refractivity contribution is 5.79. The Hall–Kier alpha value is -2.41. The fraction of sp³-hybridized carbons (Fsp3) is 0.591. The summed E-state index contributed by atoms with van der Waals surface area (Å²) in [5, 5.41) is 4.04. The van der Waals surface area contributed by atoms with Crippen LogP contribution in [0.1, 0.15) is 43.0 Å². The molecule has 7 heteroatoms. The summed E-state index contributed by atoms with van der Waals surface area (Å²) in [7, 11) is 1.64. The predicted octanol–water partition coefficient (Wildman–Crippen LogP) is 2.96. The summed E-state index contributed by atoms with van der Waals surface area (Å²) in [6.45, 7) is 4.09. The maximum Gasteiger partial charge on any atom is 0.226 e. The van der Waals surface area contributed by atoms with Crippen LogP contribution in [0.25, 0.3) is 0 Å². The van der Waals surface area contributed by atoms with Gasteiger partial charge in [0.05, 0.1) is 19.1 Å². The van der Waals surface area contributed by atoms with E-state index in [-0.39, 0.29) is 11.5 Å². The number of likely N-dealkylation sites (tertiary alicyclic amines) is 1. The molecule has 0 saturated carbocycles. The normalized spacial score (nSPS) is 21.3. The zero-order valence-corrected chi connectivity index (χ0v) is 17.2. The lowest BCUT2D eigenvalue weighted by Gasteiger charge is -2.46. The van der Waals surface area contributed by atoms with Crippen molar-refractivity contribution >= 4 is 5.91 Å². The summed E-state index contributed by atoms with van der Waals surface area (Å²) in [5.74, 6) is 2.89. The molecule has 156 valence electrons. The molecule has 1 amide bonds. The van der Waals surface area contributed by atoms with E-state index in [1.807, 2.05) is 36.1 Å². The van der Waals surface area contributed by atoms with Crippen LogP contribution in [0.15, 0.2) is 28.8 Å². The Kier molecular flexibility index (Phi) is 5.85. The van der Waals surface area contributed by atoms with Gasteiger partial charge < -0.3 is 18.9 Å². The van der Waals surface area contributed by atoms with Crippen molar-refractivity contribution in [2.24, 2.45) is 5.92 Å². The molecular formula is C22H29N3O4. The molecule has 3 heterocycles. The topological polar surface area (TPSA) is 77.7 Å². The number of piperidine rings is 1. The van der Waals surface area contributed by atoms with E-state index in [9.17, 15) is 4.79 Å². The van der Waals surface area contributed by atoms with E-state index in [1.54, 1.807) is 7.11 Å². The molecule has 1 aromatic heterocycles. The van der Waals surface area contributed by atoms with Gasteiger partial charge in [0.1, 0.15) is 5.75 Å². The lowest BCUT2D eigenvalue weighted by Crippen LogP contribution is -2.51. The van der Waals surface area contributed by atoms with Gasteiger partial charge in [0.25, 0.3) is 0 Å². The van der Waals surface area contributed by atoms with Crippen LogP contribution < -0.4 is 4.74 Å². The van der Waals surface area contributed by atoms with Crippen LogP contribution >= 0.6 is 0 Å². The molecule has 0 N–H and O–H groups in total. The molecule has 0 aliphatic carbocycles. The average molecular weight is 399 g/mol. The molecule has 29 heavy (non-hydrogen) atoms. The lowest BCUT2D eigenvalue weighted by molar-refractivity contribution is -0.146. The van der Waals surface area contributed by atoms with E-state index in [0.29, 0.717) is 18.2 Å². The summed E-state index contributed by atoms with van der Waals surface area (Å²) in [5.41, 5.74) is 0.902. The SMILES string of the molecule is COc1ccc(CC(=O)N2CCC3(CC2)CC(Cc2noc(C)n2)CCO3)cc1. The lowest BCUT2D eigenvalue weighted by atomic mass is 9.78. The Morgan fingerprint density at radius 2 is 2.03 bits per heavy atom. The first-order valence-corrected chi connectivity index (χ1v) is 10.4. The minimum atomic E-state index is -0.113. The molecule has 1 atom stereocenters. The van der Waals surface area contributed by atoms with Crippen molar-refractivity contribution in [2.45, 2.75) is 51.0 Å². The number of methoxy groups -OCH3 is 1. The standard InChI is InChI=1S/C22H29N3O4/c1-16-23-20(24-29-16)13-18-7-12-28-22(15-18)8-10-25(11-9-22)21(26)14-17-3-5-19(27-2)6-4-17/h3-6,18H,7-15H2,1-2H3. The van der Waals surface area contributed by atoms with Gasteiger partial charge in [-0.05, 0) is 49.3 Å². The van der Waals surface area contributed by atoms with Crippen molar-refractivity contribution in [1.29, 1.82) is 0 Å². The third kappa shape index (κ3) is 4.78. The first kappa shape index (κ1) is 19.9. The van der Waals surface area contributed by atoms with Crippen LogP contribution in [0.5, 0.6) is 5.75 Å². The summed E-state index contributed by atoms with van der Waals surface area (Å²) in [6.07, 6.45) is 5.07. The molecular weight excluding hydrogens is 370 g/mol. The van der Waals surface area contributed by atoms with Gasteiger partial charge in [-0.2, -0.15) is 4.98 Å². The molecule has 4 rings (SSSR count). The minimum Gasteiger partial charge on any atom is -0.497 e. The van der Waals surface area contributed by atoms with E-state index in [4.69, 9.17) is 14.0 Å². The number of benzene rings is 1. The number of aryl methyl sites for hydroxylation is 1. The van der Waals surface area contributed by atoms with E-state index >= 15 is 0 Å². The number of rotatable bonds is 5. The summed E-state index contributed by atoms with van der Waals surface area (Å²) in [4.78, 5) is 19.1. The average Bonchev–Trinajstić information content (AvgIpc) is 3.13. The van der Waals surface area contributed by atoms with Gasteiger partial charge in [-0.3, -0.25) is 4.79 Å². The van der Waals surface area contributed by atoms with Gasteiger partial charge in [0.2, 0.25) is 11.8 Å². The molecule has 2 saturated heterocycles. The first-order chi connectivity index (χ1) is 14.0. The molecule has 1 unspecified atom stereocenters. The Morgan fingerprint density at radius 3 is 2.69 bits per heavy atom. The monoisotopic (exact) mass is 399 g/mol.